The largest absolute Gasteiger partial charge is 0.324 e. The van der Waals surface area contributed by atoms with Crippen molar-refractivity contribution >= 4 is 10.8 Å². The van der Waals surface area contributed by atoms with Crippen molar-refractivity contribution in [3.63, 3.8) is 0 Å². The molecule has 1 nitrogen and oxygen atoms in total. The van der Waals surface area contributed by atoms with Crippen LogP contribution in [0.25, 0.3) is 10.8 Å². The number of hydrogen-bond donors (Lipinski definition) is 1. The van der Waals surface area contributed by atoms with Crippen LogP contribution >= 0.6 is 0 Å². The van der Waals surface area contributed by atoms with Crippen LogP contribution in [-0.4, -0.2) is 0 Å². The lowest BCUT2D eigenvalue weighted by atomic mass is 9.85. The smallest absolute Gasteiger partial charge is 0.131 e. The standard InChI is InChI=1S/C16H20FN/c1-10(2)11(3)16(18)14-8-9-15(17)13-7-5-4-6-12(13)14/h4-11,16H,18H2,1-3H3. The first-order valence-electron chi connectivity index (χ1n) is 6.45. The first-order valence-corrected chi connectivity index (χ1v) is 6.45. The van der Waals surface area contributed by atoms with E-state index in [9.17, 15) is 4.39 Å². The van der Waals surface area contributed by atoms with Crippen molar-refractivity contribution in [1.29, 1.82) is 0 Å². The minimum Gasteiger partial charge on any atom is -0.324 e. The van der Waals surface area contributed by atoms with E-state index in [-0.39, 0.29) is 11.9 Å². The maximum Gasteiger partial charge on any atom is 0.131 e. The molecule has 0 aliphatic rings. The molecule has 0 aromatic heterocycles. The normalized spacial score (nSPS) is 15.0. The average Bonchev–Trinajstić information content (AvgIpc) is 2.38. The molecule has 2 rings (SSSR count). The molecule has 0 saturated heterocycles. The fourth-order valence-corrected chi connectivity index (χ4v) is 2.27. The van der Waals surface area contributed by atoms with Crippen LogP contribution in [0.5, 0.6) is 0 Å². The molecular formula is C16H20FN. The van der Waals surface area contributed by atoms with E-state index in [0.29, 0.717) is 17.2 Å². The highest BCUT2D eigenvalue weighted by molar-refractivity contribution is 5.86. The summed E-state index contributed by atoms with van der Waals surface area (Å²) in [7, 11) is 0. The second-order valence-corrected chi connectivity index (χ2v) is 5.31. The number of nitrogens with two attached hydrogens (primary N) is 1. The zero-order valence-corrected chi connectivity index (χ0v) is 11.2. The summed E-state index contributed by atoms with van der Waals surface area (Å²) in [5, 5.41) is 1.58. The predicted octanol–water partition coefficient (Wildman–Crippen LogP) is 4.27. The van der Waals surface area contributed by atoms with Gasteiger partial charge < -0.3 is 5.73 Å². The monoisotopic (exact) mass is 245 g/mol. The summed E-state index contributed by atoms with van der Waals surface area (Å²) in [5.74, 6) is 0.682. The van der Waals surface area contributed by atoms with Gasteiger partial charge in [0.2, 0.25) is 0 Å². The Labute approximate surface area is 108 Å². The quantitative estimate of drug-likeness (QED) is 0.858. The Morgan fingerprint density at radius 1 is 0.944 bits per heavy atom. The SMILES string of the molecule is CC(C)C(C)C(N)c1ccc(F)c2ccccc12. The molecule has 0 fully saturated rings. The molecule has 0 amide bonds. The van der Waals surface area contributed by atoms with Crippen LogP contribution < -0.4 is 5.73 Å². The Hall–Kier alpha value is -1.41. The van der Waals surface area contributed by atoms with Gasteiger partial charge >= 0.3 is 0 Å². The van der Waals surface area contributed by atoms with Crippen LogP contribution in [0.3, 0.4) is 0 Å². The molecule has 0 heterocycles. The van der Waals surface area contributed by atoms with Crippen molar-refractivity contribution in [3.05, 3.63) is 47.8 Å². The van der Waals surface area contributed by atoms with Crippen molar-refractivity contribution in [3.8, 4) is 0 Å². The Bertz CT molecular complexity index is 548. The van der Waals surface area contributed by atoms with Crippen molar-refractivity contribution in [2.75, 3.05) is 0 Å². The third kappa shape index (κ3) is 2.25. The molecule has 0 aliphatic heterocycles. The number of fused-ring (bicyclic) bond motifs is 1. The number of hydrogen-bond acceptors (Lipinski definition) is 1. The Kier molecular flexibility index (Phi) is 3.67. The van der Waals surface area contributed by atoms with Crippen LogP contribution in [0.2, 0.25) is 0 Å². The third-order valence-electron chi connectivity index (χ3n) is 3.88. The zero-order chi connectivity index (χ0) is 13.3. The summed E-state index contributed by atoms with van der Waals surface area (Å²) in [6.45, 7) is 6.47. The van der Waals surface area contributed by atoms with Gasteiger partial charge in [0.05, 0.1) is 0 Å². The van der Waals surface area contributed by atoms with Gasteiger partial charge in [0.1, 0.15) is 5.82 Å². The molecule has 2 atom stereocenters. The van der Waals surface area contributed by atoms with Crippen LogP contribution in [0.15, 0.2) is 36.4 Å². The van der Waals surface area contributed by atoms with E-state index in [2.05, 4.69) is 20.8 Å². The van der Waals surface area contributed by atoms with Crippen LogP contribution in [0.4, 0.5) is 4.39 Å². The summed E-state index contributed by atoms with van der Waals surface area (Å²) in [5.41, 5.74) is 7.37. The number of halogens is 1. The molecular weight excluding hydrogens is 225 g/mol. The van der Waals surface area contributed by atoms with E-state index in [4.69, 9.17) is 5.73 Å². The maximum atomic E-state index is 13.7. The van der Waals surface area contributed by atoms with Gasteiger partial charge in [-0.1, -0.05) is 51.1 Å². The van der Waals surface area contributed by atoms with Gasteiger partial charge in [0, 0.05) is 11.4 Å². The highest BCUT2D eigenvalue weighted by Gasteiger charge is 2.20. The molecule has 0 bridgehead atoms. The van der Waals surface area contributed by atoms with E-state index in [1.54, 1.807) is 6.07 Å². The first kappa shape index (κ1) is 13.0. The van der Waals surface area contributed by atoms with Gasteiger partial charge in [-0.3, -0.25) is 0 Å². The topological polar surface area (TPSA) is 26.0 Å². The lowest BCUT2D eigenvalue weighted by molar-refractivity contribution is 0.353. The molecule has 2 heteroatoms. The highest BCUT2D eigenvalue weighted by Crippen LogP contribution is 2.31. The summed E-state index contributed by atoms with van der Waals surface area (Å²) >= 11 is 0. The molecule has 2 aromatic rings. The van der Waals surface area contributed by atoms with Crippen LogP contribution in [-0.2, 0) is 0 Å². The van der Waals surface area contributed by atoms with E-state index in [1.807, 2.05) is 24.3 Å². The second-order valence-electron chi connectivity index (χ2n) is 5.31. The van der Waals surface area contributed by atoms with Crippen LogP contribution in [0, 0.1) is 17.7 Å². The minimum absolute atomic E-state index is 0.0597. The van der Waals surface area contributed by atoms with Gasteiger partial charge in [-0.05, 0) is 28.9 Å². The third-order valence-corrected chi connectivity index (χ3v) is 3.88. The molecule has 2 unspecified atom stereocenters. The van der Waals surface area contributed by atoms with Crippen molar-refractivity contribution in [2.45, 2.75) is 26.8 Å². The van der Waals surface area contributed by atoms with E-state index in [0.717, 1.165) is 10.9 Å². The van der Waals surface area contributed by atoms with Gasteiger partial charge in [0.15, 0.2) is 0 Å². The molecule has 2 aromatic carbocycles. The fourth-order valence-electron chi connectivity index (χ4n) is 2.27. The molecule has 18 heavy (non-hydrogen) atoms. The Balaban J connectivity index is 2.55. The molecule has 0 spiro atoms. The number of benzene rings is 2. The summed E-state index contributed by atoms with van der Waals surface area (Å²) in [4.78, 5) is 0. The maximum absolute atomic E-state index is 13.7. The average molecular weight is 245 g/mol. The second kappa shape index (κ2) is 5.07. The number of rotatable bonds is 3. The van der Waals surface area contributed by atoms with Crippen LogP contribution in [0.1, 0.15) is 32.4 Å². The predicted molar refractivity (Wildman–Crippen MR) is 74.8 cm³/mol. The minimum atomic E-state index is -0.182. The summed E-state index contributed by atoms with van der Waals surface area (Å²) < 4.78 is 13.7. The van der Waals surface area contributed by atoms with Crippen molar-refractivity contribution in [1.82, 2.24) is 0 Å². The molecule has 0 radical (unpaired) electrons. The van der Waals surface area contributed by atoms with E-state index < -0.39 is 0 Å². The molecule has 0 aliphatic carbocycles. The molecule has 96 valence electrons. The van der Waals surface area contributed by atoms with Gasteiger partial charge in [0.25, 0.3) is 0 Å². The summed E-state index contributed by atoms with van der Waals surface area (Å²) in [6.07, 6.45) is 0. The highest BCUT2D eigenvalue weighted by atomic mass is 19.1. The Morgan fingerprint density at radius 3 is 2.17 bits per heavy atom. The summed E-state index contributed by atoms with van der Waals surface area (Å²) in [6, 6.07) is 10.8. The van der Waals surface area contributed by atoms with Crippen molar-refractivity contribution in [2.24, 2.45) is 17.6 Å². The fraction of sp³-hybridized carbons (Fsp3) is 0.375. The Morgan fingerprint density at radius 2 is 1.56 bits per heavy atom. The first-order chi connectivity index (χ1) is 8.52. The lowest BCUT2D eigenvalue weighted by Gasteiger charge is -2.25. The van der Waals surface area contributed by atoms with Gasteiger partial charge in [-0.2, -0.15) is 0 Å². The van der Waals surface area contributed by atoms with E-state index >= 15 is 0 Å². The van der Waals surface area contributed by atoms with Crippen molar-refractivity contribution < 1.29 is 4.39 Å². The lowest BCUT2D eigenvalue weighted by Crippen LogP contribution is -2.23. The zero-order valence-electron chi connectivity index (χ0n) is 11.2. The molecule has 2 N–H and O–H groups in total. The van der Waals surface area contributed by atoms with Gasteiger partial charge in [-0.15, -0.1) is 0 Å². The van der Waals surface area contributed by atoms with Gasteiger partial charge in [-0.25, -0.2) is 4.39 Å². The molecule has 0 saturated carbocycles. The van der Waals surface area contributed by atoms with E-state index in [1.165, 1.54) is 6.07 Å².